The summed E-state index contributed by atoms with van der Waals surface area (Å²) >= 11 is 0. The van der Waals surface area contributed by atoms with Gasteiger partial charge in [0, 0.05) is 24.3 Å². The van der Waals surface area contributed by atoms with E-state index in [1.54, 1.807) is 35.4 Å². The van der Waals surface area contributed by atoms with Gasteiger partial charge in [-0.05, 0) is 95.1 Å². The fourth-order valence-electron chi connectivity index (χ4n) is 6.34. The lowest BCUT2D eigenvalue weighted by Gasteiger charge is -2.33. The Hall–Kier alpha value is -4.03. The molecule has 0 amide bonds. The molecule has 0 radical (unpaired) electrons. The first-order valence-electron chi connectivity index (χ1n) is 16.2. The minimum atomic E-state index is -1.28. The van der Waals surface area contributed by atoms with Crippen LogP contribution in [0.2, 0.25) is 0 Å². The van der Waals surface area contributed by atoms with Gasteiger partial charge in [-0.25, -0.2) is 4.79 Å². The van der Waals surface area contributed by atoms with Crippen molar-refractivity contribution in [1.82, 2.24) is 0 Å². The molecule has 0 fully saturated rings. The summed E-state index contributed by atoms with van der Waals surface area (Å²) in [4.78, 5) is 14.1. The second-order valence-corrected chi connectivity index (χ2v) is 12.5. The Morgan fingerprint density at radius 2 is 1.57 bits per heavy atom. The van der Waals surface area contributed by atoms with Gasteiger partial charge in [0.25, 0.3) is 0 Å². The molecule has 6 nitrogen and oxygen atoms in total. The number of methoxy groups -OCH3 is 4. The molecule has 3 aromatic rings. The summed E-state index contributed by atoms with van der Waals surface area (Å²) in [5.74, 6) is 1.60. The molecule has 1 aliphatic carbocycles. The molecule has 0 unspecified atom stereocenters. The van der Waals surface area contributed by atoms with Crippen LogP contribution in [0, 0.1) is 0 Å². The van der Waals surface area contributed by atoms with Crippen LogP contribution >= 0.6 is 0 Å². The van der Waals surface area contributed by atoms with Gasteiger partial charge in [-0.3, -0.25) is 0 Å². The molecular formula is C40H50O6. The number of allylic oxidation sites excluding steroid dienone is 5. The molecule has 46 heavy (non-hydrogen) atoms. The molecule has 0 N–H and O–H groups in total. The average molecular weight is 627 g/mol. The van der Waals surface area contributed by atoms with E-state index < -0.39 is 17.7 Å². The molecule has 0 heterocycles. The lowest BCUT2D eigenvalue weighted by molar-refractivity contribution is -0.172. The summed E-state index contributed by atoms with van der Waals surface area (Å²) in [7, 11) is 6.48. The van der Waals surface area contributed by atoms with Crippen molar-refractivity contribution >= 4 is 16.7 Å². The van der Waals surface area contributed by atoms with Gasteiger partial charge >= 0.3 is 5.97 Å². The summed E-state index contributed by atoms with van der Waals surface area (Å²) in [5, 5.41) is 2.01. The molecular weight excluding hydrogens is 576 g/mol. The quantitative estimate of drug-likeness (QED) is 0.131. The molecule has 246 valence electrons. The summed E-state index contributed by atoms with van der Waals surface area (Å²) in [6, 6.07) is 17.8. The number of ether oxygens (including phenoxy) is 5. The van der Waals surface area contributed by atoms with Crippen molar-refractivity contribution in [2.75, 3.05) is 28.4 Å². The highest BCUT2D eigenvalue weighted by Crippen LogP contribution is 2.45. The standard InChI is InChI=1S/C40H50O6/c1-27(2)14-11-15-28(3)16-12-17-29-22-31(34-25-37(43-6)38(44-7)26-36(34)42-5)24-32(23-29)46-39(41)40(4,45-8)35-21-13-19-30-18-9-10-20-33(30)35/h9-10,13-14,16,18-21,23,25-26,31-32H,11-12,15,17,22,24H2,1-8H3/b28-16+/t31-,32+,40+/m1/s1. The number of carbonyl (C=O) groups is 1. The number of fused-ring (bicyclic) bond motifs is 1. The Kier molecular flexibility index (Phi) is 12.1. The largest absolute Gasteiger partial charge is 0.496 e. The second kappa shape index (κ2) is 16.0. The van der Waals surface area contributed by atoms with Crippen molar-refractivity contribution in [3.8, 4) is 17.2 Å². The van der Waals surface area contributed by atoms with Crippen LogP contribution in [0.1, 0.15) is 83.3 Å². The zero-order chi connectivity index (χ0) is 33.3. The van der Waals surface area contributed by atoms with Gasteiger partial charge in [0.1, 0.15) is 11.9 Å². The highest BCUT2D eigenvalue weighted by atomic mass is 16.6. The number of carbonyl (C=O) groups excluding carboxylic acids is 1. The van der Waals surface area contributed by atoms with Crippen molar-refractivity contribution in [3.63, 3.8) is 0 Å². The van der Waals surface area contributed by atoms with Gasteiger partial charge in [-0.2, -0.15) is 0 Å². The van der Waals surface area contributed by atoms with Crippen molar-refractivity contribution in [2.45, 2.75) is 83.8 Å². The Morgan fingerprint density at radius 1 is 0.870 bits per heavy atom. The Balaban J connectivity index is 1.64. The third kappa shape index (κ3) is 8.21. The molecule has 0 aromatic heterocycles. The molecule has 1 aliphatic rings. The van der Waals surface area contributed by atoms with Crippen LogP contribution in [0.15, 0.2) is 89.5 Å². The fraction of sp³-hybridized carbons (Fsp3) is 0.425. The second-order valence-electron chi connectivity index (χ2n) is 12.5. The van der Waals surface area contributed by atoms with E-state index in [1.807, 2.05) is 54.6 Å². The van der Waals surface area contributed by atoms with Crippen molar-refractivity contribution in [1.29, 1.82) is 0 Å². The maximum absolute atomic E-state index is 14.1. The predicted octanol–water partition coefficient (Wildman–Crippen LogP) is 9.62. The normalized spacial score (nSPS) is 17.9. The highest BCUT2D eigenvalue weighted by Gasteiger charge is 2.40. The smallest absolute Gasteiger partial charge is 0.343 e. The van der Waals surface area contributed by atoms with Crippen LogP contribution in [0.3, 0.4) is 0 Å². The van der Waals surface area contributed by atoms with Crippen LogP contribution in [0.5, 0.6) is 17.2 Å². The van der Waals surface area contributed by atoms with Crippen LogP contribution in [0.25, 0.3) is 10.8 Å². The van der Waals surface area contributed by atoms with E-state index in [1.165, 1.54) is 16.7 Å². The number of rotatable bonds is 14. The first kappa shape index (κ1) is 34.8. The minimum absolute atomic E-state index is 0.0432. The maximum Gasteiger partial charge on any atom is 0.343 e. The van der Waals surface area contributed by atoms with Gasteiger partial charge < -0.3 is 23.7 Å². The molecule has 0 aliphatic heterocycles. The van der Waals surface area contributed by atoms with Crippen LogP contribution in [0.4, 0.5) is 0 Å². The topological polar surface area (TPSA) is 63.2 Å². The van der Waals surface area contributed by atoms with Gasteiger partial charge in [0.05, 0.1) is 21.3 Å². The van der Waals surface area contributed by atoms with E-state index in [0.717, 1.165) is 59.8 Å². The zero-order valence-electron chi connectivity index (χ0n) is 28.8. The van der Waals surface area contributed by atoms with E-state index in [9.17, 15) is 4.79 Å². The fourth-order valence-corrected chi connectivity index (χ4v) is 6.34. The van der Waals surface area contributed by atoms with Crippen LogP contribution in [-0.2, 0) is 19.9 Å². The molecule has 0 saturated carbocycles. The van der Waals surface area contributed by atoms with Crippen LogP contribution in [-0.4, -0.2) is 40.5 Å². The summed E-state index contributed by atoms with van der Waals surface area (Å²) < 4.78 is 29.3. The van der Waals surface area contributed by atoms with Gasteiger partial charge in [-0.1, -0.05) is 71.3 Å². The molecule has 3 atom stereocenters. The number of hydrogen-bond acceptors (Lipinski definition) is 6. The lowest BCUT2D eigenvalue weighted by atomic mass is 9.80. The number of benzene rings is 3. The lowest BCUT2D eigenvalue weighted by Crippen LogP contribution is -2.39. The summed E-state index contributed by atoms with van der Waals surface area (Å²) in [6.45, 7) is 8.27. The highest BCUT2D eigenvalue weighted by molar-refractivity contribution is 5.92. The molecule has 0 bridgehead atoms. The van der Waals surface area contributed by atoms with Crippen LogP contribution < -0.4 is 14.2 Å². The van der Waals surface area contributed by atoms with Crippen molar-refractivity contribution < 1.29 is 28.5 Å². The van der Waals surface area contributed by atoms with E-state index in [0.29, 0.717) is 17.9 Å². The third-order valence-corrected chi connectivity index (χ3v) is 9.03. The number of hydrogen-bond donors (Lipinski definition) is 0. The summed E-state index contributed by atoms with van der Waals surface area (Å²) in [6.07, 6.45) is 11.7. The maximum atomic E-state index is 14.1. The van der Waals surface area contributed by atoms with Gasteiger partial charge in [0.2, 0.25) is 0 Å². The monoisotopic (exact) mass is 626 g/mol. The van der Waals surface area contributed by atoms with Crippen molar-refractivity contribution in [3.05, 3.63) is 101 Å². The Morgan fingerprint density at radius 3 is 2.26 bits per heavy atom. The third-order valence-electron chi connectivity index (χ3n) is 9.03. The van der Waals surface area contributed by atoms with Crippen molar-refractivity contribution in [2.24, 2.45) is 0 Å². The molecule has 0 saturated heterocycles. The van der Waals surface area contributed by atoms with E-state index in [-0.39, 0.29) is 5.92 Å². The molecule has 6 heteroatoms. The van der Waals surface area contributed by atoms with Gasteiger partial charge in [0.15, 0.2) is 17.1 Å². The number of esters is 1. The SMILES string of the molecule is COc1cc(OC)c([C@@H]2CC(CC/C=C(\C)CCC=C(C)C)=C[C@H](OC(=O)[C@@](C)(OC)c3cccc4ccccc34)C2)cc1OC. The molecule has 4 rings (SSSR count). The van der Waals surface area contributed by atoms with Gasteiger partial charge in [-0.15, -0.1) is 0 Å². The summed E-state index contributed by atoms with van der Waals surface area (Å²) in [5.41, 5.74) is 4.49. The Labute approximate surface area is 275 Å². The average Bonchev–Trinajstić information content (AvgIpc) is 3.06. The zero-order valence-corrected chi connectivity index (χ0v) is 28.8. The minimum Gasteiger partial charge on any atom is -0.496 e. The first-order chi connectivity index (χ1) is 22.1. The predicted molar refractivity (Wildman–Crippen MR) is 186 cm³/mol. The molecule has 0 spiro atoms. The Bertz CT molecular complexity index is 1590. The van der Waals surface area contributed by atoms with E-state index in [2.05, 4.69) is 39.0 Å². The van der Waals surface area contributed by atoms with E-state index >= 15 is 0 Å². The molecule has 3 aromatic carbocycles. The van der Waals surface area contributed by atoms with E-state index in [4.69, 9.17) is 23.7 Å². The first-order valence-corrected chi connectivity index (χ1v) is 16.2.